The number of amides is 2. The monoisotopic (exact) mass is 458 g/mol. The molecule has 1 fully saturated rings. The van der Waals surface area contributed by atoms with Gasteiger partial charge in [-0.05, 0) is 43.0 Å². The Labute approximate surface area is 189 Å². The Balaban J connectivity index is 1.47. The van der Waals surface area contributed by atoms with Gasteiger partial charge in [0.2, 0.25) is 5.91 Å². The van der Waals surface area contributed by atoms with E-state index < -0.39 is 21.5 Å². The summed E-state index contributed by atoms with van der Waals surface area (Å²) in [4.78, 5) is 28.6. The van der Waals surface area contributed by atoms with Gasteiger partial charge in [-0.15, -0.1) is 0 Å². The summed E-state index contributed by atoms with van der Waals surface area (Å²) >= 11 is 0. The number of nitrogens with zero attached hydrogens (tertiary/aromatic N) is 2. The van der Waals surface area contributed by atoms with Crippen molar-refractivity contribution < 1.29 is 22.7 Å². The molecule has 0 radical (unpaired) electrons. The molecule has 0 spiro atoms. The number of benzene rings is 2. The molecule has 0 N–H and O–H groups in total. The first-order valence-electron chi connectivity index (χ1n) is 10.7. The predicted molar refractivity (Wildman–Crippen MR) is 124 cm³/mol. The molecule has 0 aliphatic carbocycles. The number of carbonyl (C=O) groups excluding carboxylic acids is 2. The van der Waals surface area contributed by atoms with Crippen molar-refractivity contribution in [2.45, 2.75) is 19.8 Å². The highest BCUT2D eigenvalue weighted by atomic mass is 32.2. The molecule has 2 amide bonds. The van der Waals surface area contributed by atoms with E-state index in [1.54, 1.807) is 24.1 Å². The van der Waals surface area contributed by atoms with Crippen LogP contribution < -0.4 is 4.74 Å². The van der Waals surface area contributed by atoms with Gasteiger partial charge in [0.15, 0.2) is 9.84 Å². The Kier molecular flexibility index (Phi) is 7.90. The number of carbonyl (C=O) groups is 2. The molecule has 0 unspecified atom stereocenters. The standard InChI is InChI=1S/C24H30N2O5S/c1-19-10-11-21(17-22(19)31-2)24(28)26-14-12-25(13-15-26)23(27)18-32(29,30)16-6-9-20-7-4-3-5-8-20/h3-5,7-8,10-11,17H,6,9,12-16,18H2,1-2H3. The molecule has 0 aromatic heterocycles. The summed E-state index contributed by atoms with van der Waals surface area (Å²) < 4.78 is 30.1. The SMILES string of the molecule is COc1cc(C(=O)N2CCN(C(=O)CS(=O)(=O)CCCc3ccccc3)CC2)ccc1C. The summed E-state index contributed by atoms with van der Waals surface area (Å²) in [7, 11) is -1.90. The van der Waals surface area contributed by atoms with Crippen LogP contribution >= 0.6 is 0 Å². The maximum Gasteiger partial charge on any atom is 0.254 e. The minimum absolute atomic E-state index is 0.0126. The van der Waals surface area contributed by atoms with Crippen LogP contribution in [0.5, 0.6) is 5.75 Å². The van der Waals surface area contributed by atoms with Crippen LogP contribution in [-0.4, -0.2) is 74.8 Å². The second kappa shape index (κ2) is 10.6. The number of piperazine rings is 1. The summed E-state index contributed by atoms with van der Waals surface area (Å²) in [6.45, 7) is 3.30. The van der Waals surface area contributed by atoms with E-state index in [1.807, 2.05) is 43.3 Å². The van der Waals surface area contributed by atoms with Gasteiger partial charge in [-0.25, -0.2) is 8.42 Å². The van der Waals surface area contributed by atoms with Crippen LogP contribution in [0.15, 0.2) is 48.5 Å². The van der Waals surface area contributed by atoms with Gasteiger partial charge in [0.25, 0.3) is 5.91 Å². The lowest BCUT2D eigenvalue weighted by molar-refractivity contribution is -0.129. The maximum absolute atomic E-state index is 12.8. The van der Waals surface area contributed by atoms with Gasteiger partial charge in [-0.3, -0.25) is 9.59 Å². The smallest absolute Gasteiger partial charge is 0.254 e. The normalized spacial score (nSPS) is 14.3. The molecule has 0 atom stereocenters. The molecule has 3 rings (SSSR count). The first-order chi connectivity index (χ1) is 15.3. The van der Waals surface area contributed by atoms with Crippen LogP contribution in [0, 0.1) is 6.92 Å². The molecule has 32 heavy (non-hydrogen) atoms. The minimum atomic E-state index is -3.47. The van der Waals surface area contributed by atoms with Crippen molar-refractivity contribution in [3.8, 4) is 5.75 Å². The van der Waals surface area contributed by atoms with Gasteiger partial charge < -0.3 is 14.5 Å². The topological polar surface area (TPSA) is 84.0 Å². The number of aryl methyl sites for hydroxylation is 2. The highest BCUT2D eigenvalue weighted by Gasteiger charge is 2.27. The number of ether oxygens (including phenoxy) is 1. The van der Waals surface area contributed by atoms with E-state index in [2.05, 4.69) is 0 Å². The molecule has 0 bridgehead atoms. The average Bonchev–Trinajstić information content (AvgIpc) is 2.79. The first kappa shape index (κ1) is 23.8. The average molecular weight is 459 g/mol. The van der Waals surface area contributed by atoms with Crippen molar-refractivity contribution in [2.24, 2.45) is 0 Å². The third-order valence-corrected chi connectivity index (χ3v) is 7.28. The molecular formula is C24H30N2O5S. The largest absolute Gasteiger partial charge is 0.496 e. The summed E-state index contributed by atoms with van der Waals surface area (Å²) in [5.41, 5.74) is 2.57. The van der Waals surface area contributed by atoms with Crippen molar-refractivity contribution >= 4 is 21.7 Å². The maximum atomic E-state index is 12.8. The highest BCUT2D eigenvalue weighted by Crippen LogP contribution is 2.20. The van der Waals surface area contributed by atoms with E-state index in [0.717, 1.165) is 11.1 Å². The van der Waals surface area contributed by atoms with Crippen LogP contribution in [0.3, 0.4) is 0 Å². The van der Waals surface area contributed by atoms with Gasteiger partial charge >= 0.3 is 0 Å². The third kappa shape index (κ3) is 6.32. The Morgan fingerprint density at radius 3 is 2.28 bits per heavy atom. The molecular weight excluding hydrogens is 428 g/mol. The van der Waals surface area contributed by atoms with Crippen molar-refractivity contribution in [3.05, 3.63) is 65.2 Å². The fraction of sp³-hybridized carbons (Fsp3) is 0.417. The van der Waals surface area contributed by atoms with Crippen LogP contribution in [0.2, 0.25) is 0 Å². The third-order valence-electron chi connectivity index (χ3n) is 5.68. The Morgan fingerprint density at radius 2 is 1.62 bits per heavy atom. The lowest BCUT2D eigenvalue weighted by Gasteiger charge is -2.34. The first-order valence-corrected chi connectivity index (χ1v) is 12.6. The van der Waals surface area contributed by atoms with Crippen LogP contribution in [0.4, 0.5) is 0 Å². The molecule has 1 aliphatic heterocycles. The zero-order valence-electron chi connectivity index (χ0n) is 18.6. The summed E-state index contributed by atoms with van der Waals surface area (Å²) in [5, 5.41) is 0. The molecule has 2 aromatic rings. The van der Waals surface area contributed by atoms with Gasteiger partial charge in [0.05, 0.1) is 12.9 Å². The lowest BCUT2D eigenvalue weighted by atomic mass is 10.1. The zero-order valence-corrected chi connectivity index (χ0v) is 19.4. The van der Waals surface area contributed by atoms with Gasteiger partial charge in [-0.1, -0.05) is 36.4 Å². The number of rotatable bonds is 8. The summed E-state index contributed by atoms with van der Waals surface area (Å²) in [5.74, 6) is -0.355. The van der Waals surface area contributed by atoms with Gasteiger partial charge in [0, 0.05) is 31.7 Å². The summed E-state index contributed by atoms with van der Waals surface area (Å²) in [6, 6.07) is 15.0. The summed E-state index contributed by atoms with van der Waals surface area (Å²) in [6.07, 6.45) is 1.15. The van der Waals surface area contributed by atoms with E-state index in [0.29, 0.717) is 50.3 Å². The van der Waals surface area contributed by atoms with Gasteiger partial charge in [0.1, 0.15) is 11.5 Å². The van der Waals surface area contributed by atoms with E-state index in [4.69, 9.17) is 4.74 Å². The number of sulfone groups is 1. The highest BCUT2D eigenvalue weighted by molar-refractivity contribution is 7.92. The van der Waals surface area contributed by atoms with Gasteiger partial charge in [-0.2, -0.15) is 0 Å². The van der Waals surface area contributed by atoms with E-state index in [1.165, 1.54) is 4.90 Å². The zero-order chi connectivity index (χ0) is 23.1. The Hall–Kier alpha value is -2.87. The molecule has 8 heteroatoms. The van der Waals surface area contributed by atoms with Crippen LogP contribution in [-0.2, 0) is 21.1 Å². The van der Waals surface area contributed by atoms with Crippen molar-refractivity contribution in [3.63, 3.8) is 0 Å². The molecule has 1 aliphatic rings. The second-order valence-electron chi connectivity index (χ2n) is 8.04. The lowest BCUT2D eigenvalue weighted by Crippen LogP contribution is -2.51. The van der Waals surface area contributed by atoms with E-state index in [9.17, 15) is 18.0 Å². The van der Waals surface area contributed by atoms with Crippen LogP contribution in [0.25, 0.3) is 0 Å². The molecule has 0 saturated carbocycles. The fourth-order valence-corrected chi connectivity index (χ4v) is 5.07. The number of hydrogen-bond donors (Lipinski definition) is 0. The van der Waals surface area contributed by atoms with E-state index in [-0.39, 0.29) is 11.7 Å². The number of methoxy groups -OCH3 is 1. The Morgan fingerprint density at radius 1 is 0.969 bits per heavy atom. The van der Waals surface area contributed by atoms with Crippen molar-refractivity contribution in [1.29, 1.82) is 0 Å². The number of hydrogen-bond acceptors (Lipinski definition) is 5. The Bertz CT molecular complexity index is 1050. The molecule has 2 aromatic carbocycles. The van der Waals surface area contributed by atoms with E-state index >= 15 is 0 Å². The van der Waals surface area contributed by atoms with Crippen molar-refractivity contribution in [1.82, 2.24) is 9.80 Å². The minimum Gasteiger partial charge on any atom is -0.496 e. The molecule has 1 heterocycles. The van der Waals surface area contributed by atoms with Crippen LogP contribution in [0.1, 0.15) is 27.9 Å². The molecule has 172 valence electrons. The molecule has 1 saturated heterocycles. The quantitative estimate of drug-likeness (QED) is 0.606. The second-order valence-corrected chi connectivity index (χ2v) is 10.2. The fourth-order valence-electron chi connectivity index (χ4n) is 3.79. The van der Waals surface area contributed by atoms with Crippen molar-refractivity contribution in [2.75, 3.05) is 44.8 Å². The predicted octanol–water partition coefficient (Wildman–Crippen LogP) is 2.34. The molecule has 7 nitrogen and oxygen atoms in total.